The minimum Gasteiger partial charge on any atom is -0.332 e. The summed E-state index contributed by atoms with van der Waals surface area (Å²) in [5.41, 5.74) is 1.98. The number of amides is 2. The maximum Gasteiger partial charge on any atom is 0.312 e. The van der Waals surface area contributed by atoms with Gasteiger partial charge in [-0.05, 0) is 24.3 Å². The summed E-state index contributed by atoms with van der Waals surface area (Å²) in [6, 6.07) is 9.91. The second-order valence-corrected chi connectivity index (χ2v) is 7.03. The van der Waals surface area contributed by atoms with E-state index in [1.54, 1.807) is 22.2 Å². The van der Waals surface area contributed by atoms with Crippen molar-refractivity contribution < 1.29 is 9.59 Å². The number of aromatic nitrogens is 2. The minimum atomic E-state index is -0.439. The first-order chi connectivity index (χ1) is 12.7. The minimum absolute atomic E-state index is 0.275. The zero-order valence-corrected chi connectivity index (χ0v) is 14.7. The third kappa shape index (κ3) is 3.45. The van der Waals surface area contributed by atoms with Crippen LogP contribution in [0.2, 0.25) is 0 Å². The Kier molecular flexibility index (Phi) is 4.65. The average Bonchev–Trinajstić information content (AvgIpc) is 2.65. The molecular formula is C20H22N4O2. The van der Waals surface area contributed by atoms with Crippen LogP contribution in [0.25, 0.3) is 11.1 Å². The van der Waals surface area contributed by atoms with Gasteiger partial charge in [0.15, 0.2) is 0 Å². The van der Waals surface area contributed by atoms with Gasteiger partial charge in [-0.15, -0.1) is 0 Å². The molecule has 2 fully saturated rings. The number of hydrogen-bond acceptors (Lipinski definition) is 4. The van der Waals surface area contributed by atoms with Gasteiger partial charge >= 0.3 is 11.8 Å². The Morgan fingerprint density at radius 1 is 0.885 bits per heavy atom. The highest BCUT2D eigenvalue weighted by Gasteiger charge is 2.34. The molecule has 1 aromatic heterocycles. The first-order valence-corrected chi connectivity index (χ1v) is 9.15. The van der Waals surface area contributed by atoms with E-state index in [0.29, 0.717) is 24.8 Å². The third-order valence-electron chi connectivity index (χ3n) is 5.25. The van der Waals surface area contributed by atoms with Crippen LogP contribution >= 0.6 is 0 Å². The summed E-state index contributed by atoms with van der Waals surface area (Å²) in [6.07, 6.45) is 7.10. The molecule has 6 nitrogen and oxygen atoms in total. The Morgan fingerprint density at radius 3 is 2.19 bits per heavy atom. The molecule has 1 saturated heterocycles. The molecule has 4 rings (SSSR count). The SMILES string of the molecule is O=C1C(=O)N(CC2CCC2)CCN1Cc1ncc(-c2ccccc2)cn1. The van der Waals surface area contributed by atoms with Gasteiger partial charge in [0.25, 0.3) is 0 Å². The van der Waals surface area contributed by atoms with Crippen molar-refractivity contribution in [2.24, 2.45) is 5.92 Å². The molecule has 0 radical (unpaired) electrons. The maximum atomic E-state index is 12.4. The molecular weight excluding hydrogens is 328 g/mol. The van der Waals surface area contributed by atoms with Crippen LogP contribution in [0.3, 0.4) is 0 Å². The molecule has 1 aromatic carbocycles. The van der Waals surface area contributed by atoms with Crippen LogP contribution in [-0.2, 0) is 16.1 Å². The number of hydrogen-bond donors (Lipinski definition) is 0. The van der Waals surface area contributed by atoms with Crippen LogP contribution in [0.15, 0.2) is 42.7 Å². The van der Waals surface area contributed by atoms with Gasteiger partial charge in [0, 0.05) is 37.6 Å². The normalized spacial score (nSPS) is 18.2. The van der Waals surface area contributed by atoms with Crippen molar-refractivity contribution in [1.29, 1.82) is 0 Å². The third-order valence-corrected chi connectivity index (χ3v) is 5.25. The van der Waals surface area contributed by atoms with Crippen LogP contribution in [0.5, 0.6) is 0 Å². The van der Waals surface area contributed by atoms with Crippen molar-refractivity contribution in [2.75, 3.05) is 19.6 Å². The lowest BCUT2D eigenvalue weighted by Crippen LogP contribution is -2.55. The molecule has 1 aliphatic carbocycles. The number of rotatable bonds is 5. The predicted molar refractivity (Wildman–Crippen MR) is 96.8 cm³/mol. The van der Waals surface area contributed by atoms with Crippen LogP contribution in [0.4, 0.5) is 0 Å². The molecule has 2 amide bonds. The molecule has 0 bridgehead atoms. The molecule has 6 heteroatoms. The molecule has 26 heavy (non-hydrogen) atoms. The fourth-order valence-electron chi connectivity index (χ4n) is 3.41. The van der Waals surface area contributed by atoms with E-state index in [2.05, 4.69) is 9.97 Å². The number of nitrogens with zero attached hydrogens (tertiary/aromatic N) is 4. The molecule has 134 valence electrons. The number of benzene rings is 1. The lowest BCUT2D eigenvalue weighted by atomic mass is 9.85. The van der Waals surface area contributed by atoms with Gasteiger partial charge < -0.3 is 9.80 Å². The van der Waals surface area contributed by atoms with E-state index in [-0.39, 0.29) is 12.5 Å². The largest absolute Gasteiger partial charge is 0.332 e. The van der Waals surface area contributed by atoms with Gasteiger partial charge in [0.05, 0.1) is 6.54 Å². The Balaban J connectivity index is 1.38. The summed E-state index contributed by atoms with van der Waals surface area (Å²) in [7, 11) is 0. The van der Waals surface area contributed by atoms with Crippen molar-refractivity contribution >= 4 is 11.8 Å². The van der Waals surface area contributed by atoms with Gasteiger partial charge in [-0.25, -0.2) is 9.97 Å². The number of carbonyl (C=O) groups is 2. The van der Waals surface area contributed by atoms with E-state index < -0.39 is 5.91 Å². The number of piperazine rings is 1. The summed E-state index contributed by atoms with van der Waals surface area (Å²) in [5, 5.41) is 0. The molecule has 0 spiro atoms. The van der Waals surface area contributed by atoms with Crippen LogP contribution in [0, 0.1) is 5.92 Å². The molecule has 0 N–H and O–H groups in total. The molecule has 2 heterocycles. The van der Waals surface area contributed by atoms with E-state index >= 15 is 0 Å². The van der Waals surface area contributed by atoms with Crippen molar-refractivity contribution in [3.63, 3.8) is 0 Å². The Morgan fingerprint density at radius 2 is 1.54 bits per heavy atom. The maximum absolute atomic E-state index is 12.4. The van der Waals surface area contributed by atoms with Crippen molar-refractivity contribution in [1.82, 2.24) is 19.8 Å². The van der Waals surface area contributed by atoms with E-state index in [1.165, 1.54) is 19.3 Å². The van der Waals surface area contributed by atoms with E-state index in [9.17, 15) is 9.59 Å². The number of carbonyl (C=O) groups excluding carboxylic acids is 2. The van der Waals surface area contributed by atoms with Gasteiger partial charge in [-0.2, -0.15) is 0 Å². The fraction of sp³-hybridized carbons (Fsp3) is 0.400. The zero-order chi connectivity index (χ0) is 17.9. The van der Waals surface area contributed by atoms with E-state index in [0.717, 1.165) is 17.7 Å². The van der Waals surface area contributed by atoms with Crippen LogP contribution in [0.1, 0.15) is 25.1 Å². The van der Waals surface area contributed by atoms with Crippen LogP contribution < -0.4 is 0 Å². The summed E-state index contributed by atoms with van der Waals surface area (Å²) in [6.45, 7) is 2.14. The first-order valence-electron chi connectivity index (χ1n) is 9.15. The summed E-state index contributed by atoms with van der Waals surface area (Å²) in [5.74, 6) is 0.306. The summed E-state index contributed by atoms with van der Waals surface area (Å²) in [4.78, 5) is 36.7. The highest BCUT2D eigenvalue weighted by molar-refractivity contribution is 6.35. The summed E-state index contributed by atoms with van der Waals surface area (Å²) < 4.78 is 0. The van der Waals surface area contributed by atoms with Crippen LogP contribution in [-0.4, -0.2) is 51.2 Å². The van der Waals surface area contributed by atoms with Gasteiger partial charge in [0.2, 0.25) is 0 Å². The topological polar surface area (TPSA) is 66.4 Å². The van der Waals surface area contributed by atoms with Crippen molar-refractivity contribution in [3.05, 3.63) is 48.5 Å². The fourth-order valence-corrected chi connectivity index (χ4v) is 3.41. The lowest BCUT2D eigenvalue weighted by molar-refractivity contribution is -0.157. The molecule has 2 aromatic rings. The Hall–Kier alpha value is -2.76. The predicted octanol–water partition coefficient (Wildman–Crippen LogP) is 2.11. The average molecular weight is 350 g/mol. The second-order valence-electron chi connectivity index (χ2n) is 7.03. The highest BCUT2D eigenvalue weighted by atomic mass is 16.2. The highest BCUT2D eigenvalue weighted by Crippen LogP contribution is 2.27. The van der Waals surface area contributed by atoms with E-state index in [4.69, 9.17) is 0 Å². The molecule has 1 aliphatic heterocycles. The molecule has 0 atom stereocenters. The molecule has 2 aliphatic rings. The Bertz CT molecular complexity index is 787. The zero-order valence-electron chi connectivity index (χ0n) is 14.7. The van der Waals surface area contributed by atoms with Crippen molar-refractivity contribution in [3.8, 4) is 11.1 Å². The monoisotopic (exact) mass is 350 g/mol. The lowest BCUT2D eigenvalue weighted by Gasteiger charge is -2.37. The molecule has 0 unspecified atom stereocenters. The van der Waals surface area contributed by atoms with Gasteiger partial charge in [0.1, 0.15) is 5.82 Å². The van der Waals surface area contributed by atoms with Crippen molar-refractivity contribution in [2.45, 2.75) is 25.8 Å². The second kappa shape index (κ2) is 7.23. The standard InChI is InChI=1S/C20H22N4O2/c25-19-20(26)24(10-9-23(19)13-15-5-4-6-15)14-18-21-11-17(12-22-18)16-7-2-1-3-8-16/h1-3,7-8,11-12,15H,4-6,9-10,13-14H2. The smallest absolute Gasteiger partial charge is 0.312 e. The quantitative estimate of drug-likeness (QED) is 0.775. The van der Waals surface area contributed by atoms with Gasteiger partial charge in [-0.3, -0.25) is 9.59 Å². The van der Waals surface area contributed by atoms with Gasteiger partial charge in [-0.1, -0.05) is 36.8 Å². The summed E-state index contributed by atoms with van der Waals surface area (Å²) >= 11 is 0. The first kappa shape index (κ1) is 16.7. The molecule has 1 saturated carbocycles. The Labute approximate surface area is 152 Å². The van der Waals surface area contributed by atoms with E-state index in [1.807, 2.05) is 30.3 Å².